The van der Waals surface area contributed by atoms with Crippen molar-refractivity contribution < 1.29 is 4.39 Å². The molecule has 0 spiro atoms. The Morgan fingerprint density at radius 1 is 0.591 bits per heavy atom. The first kappa shape index (κ1) is 29.6. The normalized spacial score (nSPS) is 12.6. The second-order valence-electron chi connectivity index (χ2n) is 12.8. The summed E-state index contributed by atoms with van der Waals surface area (Å²) < 4.78 is 9.50. The molecule has 0 nitrogen and oxygen atoms in total. The van der Waals surface area contributed by atoms with Crippen LogP contribution in [0.2, 0.25) is 0 Å². The lowest BCUT2D eigenvalue weighted by Gasteiger charge is -2.22. The van der Waals surface area contributed by atoms with Crippen molar-refractivity contribution in [2.24, 2.45) is 0 Å². The second-order valence-corrected chi connectivity index (χ2v) is 12.8. The monoisotopic (exact) mass is 576 g/mol. The lowest BCUT2D eigenvalue weighted by atomic mass is 9.82. The summed E-state index contributed by atoms with van der Waals surface area (Å²) in [5.41, 5.74) is 13.4. The molecule has 1 aliphatic carbocycles. The predicted molar refractivity (Wildman–Crippen MR) is 190 cm³/mol. The quantitative estimate of drug-likeness (QED) is 0.183. The molecule has 0 bridgehead atoms. The summed E-state index contributed by atoms with van der Waals surface area (Å²) in [7, 11) is 0.500. The van der Waals surface area contributed by atoms with Gasteiger partial charge in [-0.2, -0.15) is 0 Å². The number of benzene rings is 6. The fraction of sp³-hybridized carbons (Fsp3) is 0.209. The molecule has 0 radical (unpaired) electrons. The van der Waals surface area contributed by atoms with Crippen molar-refractivity contribution in [1.82, 2.24) is 0 Å². The number of alkyl halides is 1. The molecule has 0 aliphatic heterocycles. The molecule has 0 aromatic heterocycles. The van der Waals surface area contributed by atoms with Gasteiger partial charge in [-0.1, -0.05) is 143 Å². The van der Waals surface area contributed by atoms with Gasteiger partial charge in [0.05, 0.1) is 7.18 Å². The predicted octanol–water partition coefficient (Wildman–Crippen LogP) is 12.4. The SMILES string of the molecule is CCc1ccc(-c2ccc3c(-c4ccc5c(c4)CCC=C5)c4ccccc4c(-c4ccc(C(C)(C)C)cc4)c3c2)cc1.CF. The van der Waals surface area contributed by atoms with E-state index in [0.29, 0.717) is 7.18 Å². The molecule has 6 aromatic rings. The minimum Gasteiger partial charge on any atom is -0.255 e. The van der Waals surface area contributed by atoms with Crippen molar-refractivity contribution in [3.05, 3.63) is 138 Å². The molecule has 0 heterocycles. The summed E-state index contributed by atoms with van der Waals surface area (Å²) in [6, 6.07) is 41.6. The Hall–Kier alpha value is -4.49. The average Bonchev–Trinajstić information content (AvgIpc) is 3.07. The molecule has 0 atom stereocenters. The van der Waals surface area contributed by atoms with Gasteiger partial charge in [0.2, 0.25) is 0 Å². The Morgan fingerprint density at radius 2 is 1.18 bits per heavy atom. The number of halogens is 1. The van der Waals surface area contributed by atoms with Gasteiger partial charge in [-0.3, -0.25) is 4.39 Å². The van der Waals surface area contributed by atoms with Crippen molar-refractivity contribution in [1.29, 1.82) is 0 Å². The van der Waals surface area contributed by atoms with Gasteiger partial charge in [-0.15, -0.1) is 0 Å². The van der Waals surface area contributed by atoms with E-state index in [-0.39, 0.29) is 5.41 Å². The van der Waals surface area contributed by atoms with E-state index in [1.807, 2.05) is 0 Å². The summed E-state index contributed by atoms with van der Waals surface area (Å²) in [6.07, 6.45) is 7.84. The number of allylic oxidation sites excluding steroid dienone is 1. The minimum absolute atomic E-state index is 0.117. The first-order chi connectivity index (χ1) is 21.4. The Balaban J connectivity index is 0.00000168. The third-order valence-electron chi connectivity index (χ3n) is 9.07. The Morgan fingerprint density at radius 3 is 1.84 bits per heavy atom. The van der Waals surface area contributed by atoms with E-state index in [1.54, 1.807) is 0 Å². The maximum absolute atomic E-state index is 9.50. The van der Waals surface area contributed by atoms with Crippen LogP contribution in [0.3, 0.4) is 0 Å². The summed E-state index contributed by atoms with van der Waals surface area (Å²) in [4.78, 5) is 0. The van der Waals surface area contributed by atoms with Crippen LogP contribution in [0.4, 0.5) is 4.39 Å². The summed E-state index contributed by atoms with van der Waals surface area (Å²) in [5.74, 6) is 0. The molecule has 0 N–H and O–H groups in total. The third kappa shape index (κ3) is 5.48. The van der Waals surface area contributed by atoms with Crippen molar-refractivity contribution in [2.75, 3.05) is 7.18 Å². The molecule has 1 heteroatoms. The van der Waals surface area contributed by atoms with Crippen LogP contribution in [0.25, 0.3) is 61.0 Å². The van der Waals surface area contributed by atoms with Crippen LogP contribution < -0.4 is 0 Å². The van der Waals surface area contributed by atoms with Gasteiger partial charge in [0, 0.05) is 0 Å². The minimum atomic E-state index is 0.117. The largest absolute Gasteiger partial charge is 0.255 e. The Kier molecular flexibility index (Phi) is 8.23. The van der Waals surface area contributed by atoms with Gasteiger partial charge in [0.25, 0.3) is 0 Å². The van der Waals surface area contributed by atoms with Gasteiger partial charge in [-0.25, -0.2) is 0 Å². The van der Waals surface area contributed by atoms with Crippen LogP contribution >= 0.6 is 0 Å². The lowest BCUT2D eigenvalue weighted by Crippen LogP contribution is -2.10. The van der Waals surface area contributed by atoms with Crippen LogP contribution in [0.5, 0.6) is 0 Å². The van der Waals surface area contributed by atoms with E-state index in [4.69, 9.17) is 0 Å². The zero-order chi connectivity index (χ0) is 30.8. The lowest BCUT2D eigenvalue weighted by molar-refractivity contribution is 0.590. The number of aryl methyl sites for hydroxylation is 2. The zero-order valence-electron chi connectivity index (χ0n) is 26.5. The van der Waals surface area contributed by atoms with Crippen molar-refractivity contribution >= 4 is 27.6 Å². The number of hydrogen-bond donors (Lipinski definition) is 0. The molecule has 44 heavy (non-hydrogen) atoms. The molecular formula is C43H41F. The molecule has 0 amide bonds. The third-order valence-corrected chi connectivity index (χ3v) is 9.07. The Labute approximate surface area is 261 Å². The van der Waals surface area contributed by atoms with Crippen molar-refractivity contribution in [3.63, 3.8) is 0 Å². The summed E-state index contributed by atoms with van der Waals surface area (Å²) >= 11 is 0. The fourth-order valence-corrected chi connectivity index (χ4v) is 6.64. The average molecular weight is 577 g/mol. The van der Waals surface area contributed by atoms with E-state index in [1.165, 1.54) is 77.2 Å². The summed E-state index contributed by atoms with van der Waals surface area (Å²) in [6.45, 7) is 9.07. The second kappa shape index (κ2) is 12.2. The zero-order valence-corrected chi connectivity index (χ0v) is 26.5. The molecule has 6 aromatic carbocycles. The first-order valence-electron chi connectivity index (χ1n) is 15.8. The number of hydrogen-bond acceptors (Lipinski definition) is 0. The highest BCUT2D eigenvalue weighted by molar-refractivity contribution is 6.22. The van der Waals surface area contributed by atoms with E-state index in [0.717, 1.165) is 19.3 Å². The van der Waals surface area contributed by atoms with Crippen LogP contribution in [-0.2, 0) is 18.3 Å². The van der Waals surface area contributed by atoms with Gasteiger partial charge in [0.1, 0.15) is 0 Å². The van der Waals surface area contributed by atoms with Crippen molar-refractivity contribution in [2.45, 2.75) is 52.4 Å². The van der Waals surface area contributed by atoms with Gasteiger partial charge in [-0.05, 0) is 108 Å². The number of rotatable bonds is 4. The van der Waals surface area contributed by atoms with Crippen LogP contribution in [0.1, 0.15) is 56.4 Å². The smallest absolute Gasteiger partial charge is 0.0785 e. The maximum atomic E-state index is 9.50. The molecule has 7 rings (SSSR count). The molecule has 1 aliphatic rings. The van der Waals surface area contributed by atoms with Gasteiger partial charge in [0.15, 0.2) is 0 Å². The van der Waals surface area contributed by atoms with E-state index in [2.05, 4.69) is 149 Å². The van der Waals surface area contributed by atoms with E-state index >= 15 is 0 Å². The molecule has 0 fully saturated rings. The summed E-state index contributed by atoms with van der Waals surface area (Å²) in [5, 5.41) is 5.23. The van der Waals surface area contributed by atoms with E-state index < -0.39 is 0 Å². The maximum Gasteiger partial charge on any atom is 0.0785 e. The van der Waals surface area contributed by atoms with Crippen LogP contribution in [0, 0.1) is 0 Å². The highest BCUT2D eigenvalue weighted by Crippen LogP contribution is 2.45. The highest BCUT2D eigenvalue weighted by Gasteiger charge is 2.19. The van der Waals surface area contributed by atoms with Crippen LogP contribution in [0.15, 0.2) is 115 Å². The molecule has 0 saturated carbocycles. The fourth-order valence-electron chi connectivity index (χ4n) is 6.64. The molecule has 0 unspecified atom stereocenters. The molecule has 0 saturated heterocycles. The van der Waals surface area contributed by atoms with E-state index in [9.17, 15) is 4.39 Å². The van der Waals surface area contributed by atoms with Gasteiger partial charge >= 0.3 is 0 Å². The molecular weight excluding hydrogens is 535 g/mol. The van der Waals surface area contributed by atoms with Crippen LogP contribution in [-0.4, -0.2) is 7.18 Å². The molecule has 220 valence electrons. The van der Waals surface area contributed by atoms with Crippen molar-refractivity contribution in [3.8, 4) is 33.4 Å². The Bertz CT molecular complexity index is 1970. The standard InChI is InChI=1S/C42H38.CH3F/c1-5-28-14-16-30(17-15-28)33-22-25-38-39(27-33)40(31-20-23-35(24-21-31)42(2,3)4)36-12-8-9-13-37(36)41(38)34-19-18-29-10-6-7-11-32(29)26-34;1-2/h6,8-10,12-27H,5,7,11H2,1-4H3;1H3. The van der Waals surface area contributed by atoms with Gasteiger partial charge < -0.3 is 0 Å². The highest BCUT2D eigenvalue weighted by atomic mass is 19.1. The number of fused-ring (bicyclic) bond motifs is 3. The topological polar surface area (TPSA) is 0 Å². The first-order valence-corrected chi connectivity index (χ1v) is 15.8.